The summed E-state index contributed by atoms with van der Waals surface area (Å²) < 4.78 is 8.27. The van der Waals surface area contributed by atoms with Crippen LogP contribution in [0.15, 0.2) is 69.7 Å². The molecule has 4 rings (SSSR count). The molecule has 0 atom stereocenters. The van der Waals surface area contributed by atoms with Gasteiger partial charge in [0.15, 0.2) is 5.76 Å². The standard InChI is InChI=1S/C20H16BrN3O2/c1-13-4-2-5-14(10-13)12-24-18(8-9-22-24)23-20(25)17-11-15-6-3-7-16(21)19(15)26-17/h2-11H,12H2,1H3,(H,23,25). The zero-order valence-corrected chi connectivity index (χ0v) is 15.7. The second-order valence-corrected chi connectivity index (χ2v) is 6.94. The van der Waals surface area contributed by atoms with Crippen molar-refractivity contribution in [2.45, 2.75) is 13.5 Å². The van der Waals surface area contributed by atoms with Crippen molar-refractivity contribution < 1.29 is 9.21 Å². The molecule has 0 saturated heterocycles. The zero-order valence-electron chi connectivity index (χ0n) is 14.1. The van der Waals surface area contributed by atoms with Crippen molar-refractivity contribution in [2.24, 2.45) is 0 Å². The first-order valence-corrected chi connectivity index (χ1v) is 8.96. The summed E-state index contributed by atoms with van der Waals surface area (Å²) >= 11 is 3.43. The topological polar surface area (TPSA) is 60.1 Å². The fourth-order valence-corrected chi connectivity index (χ4v) is 3.33. The maximum Gasteiger partial charge on any atom is 0.292 e. The van der Waals surface area contributed by atoms with E-state index in [2.05, 4.69) is 45.4 Å². The van der Waals surface area contributed by atoms with E-state index in [0.717, 1.165) is 15.4 Å². The lowest BCUT2D eigenvalue weighted by atomic mass is 10.1. The number of amides is 1. The van der Waals surface area contributed by atoms with Gasteiger partial charge in [-0.25, -0.2) is 4.68 Å². The van der Waals surface area contributed by atoms with E-state index in [1.54, 1.807) is 23.0 Å². The Morgan fingerprint density at radius 3 is 2.85 bits per heavy atom. The van der Waals surface area contributed by atoms with Crippen LogP contribution in [-0.2, 0) is 6.54 Å². The molecule has 0 bridgehead atoms. The molecule has 6 heteroatoms. The van der Waals surface area contributed by atoms with Gasteiger partial charge in [0.05, 0.1) is 17.2 Å². The second-order valence-electron chi connectivity index (χ2n) is 6.09. The van der Waals surface area contributed by atoms with Gasteiger partial charge in [-0.1, -0.05) is 42.0 Å². The van der Waals surface area contributed by atoms with E-state index in [-0.39, 0.29) is 11.7 Å². The van der Waals surface area contributed by atoms with Gasteiger partial charge in [-0.15, -0.1) is 0 Å². The Labute approximate surface area is 158 Å². The smallest absolute Gasteiger partial charge is 0.292 e. The number of nitrogens with one attached hydrogen (secondary N) is 1. The third-order valence-electron chi connectivity index (χ3n) is 4.09. The van der Waals surface area contributed by atoms with Crippen LogP contribution in [-0.4, -0.2) is 15.7 Å². The first-order chi connectivity index (χ1) is 12.6. The van der Waals surface area contributed by atoms with Crippen LogP contribution in [0.3, 0.4) is 0 Å². The highest BCUT2D eigenvalue weighted by Gasteiger charge is 2.15. The van der Waals surface area contributed by atoms with Crippen molar-refractivity contribution in [2.75, 3.05) is 5.32 Å². The van der Waals surface area contributed by atoms with Crippen molar-refractivity contribution in [3.8, 4) is 0 Å². The van der Waals surface area contributed by atoms with Gasteiger partial charge in [0.25, 0.3) is 5.91 Å². The molecule has 4 aromatic rings. The molecule has 0 aliphatic heterocycles. The summed E-state index contributed by atoms with van der Waals surface area (Å²) in [6, 6.07) is 17.4. The normalized spacial score (nSPS) is 11.0. The summed E-state index contributed by atoms with van der Waals surface area (Å²) in [6.07, 6.45) is 1.67. The van der Waals surface area contributed by atoms with Gasteiger partial charge in [-0.3, -0.25) is 4.79 Å². The largest absolute Gasteiger partial charge is 0.450 e. The van der Waals surface area contributed by atoms with Gasteiger partial charge < -0.3 is 9.73 Å². The number of benzene rings is 2. The number of rotatable bonds is 4. The molecule has 0 aliphatic rings. The number of fused-ring (bicyclic) bond motifs is 1. The molecular formula is C20H16BrN3O2. The van der Waals surface area contributed by atoms with Crippen molar-refractivity contribution in [1.82, 2.24) is 9.78 Å². The van der Waals surface area contributed by atoms with Gasteiger partial charge in [0.1, 0.15) is 11.4 Å². The Balaban J connectivity index is 1.56. The number of carbonyl (C=O) groups is 1. The maximum atomic E-state index is 12.6. The third kappa shape index (κ3) is 3.28. The molecule has 130 valence electrons. The number of halogens is 1. The third-order valence-corrected chi connectivity index (χ3v) is 4.72. The fourth-order valence-electron chi connectivity index (χ4n) is 2.87. The number of anilines is 1. The Hall–Kier alpha value is -2.86. The molecule has 26 heavy (non-hydrogen) atoms. The average molecular weight is 410 g/mol. The minimum Gasteiger partial charge on any atom is -0.450 e. The van der Waals surface area contributed by atoms with Crippen molar-refractivity contribution in [3.63, 3.8) is 0 Å². The molecular weight excluding hydrogens is 394 g/mol. The predicted octanol–water partition coefficient (Wildman–Crippen LogP) is 5.00. The number of hydrogen-bond donors (Lipinski definition) is 1. The van der Waals surface area contributed by atoms with E-state index < -0.39 is 0 Å². The highest BCUT2D eigenvalue weighted by atomic mass is 79.9. The number of nitrogens with zero attached hydrogens (tertiary/aromatic N) is 2. The molecule has 0 aliphatic carbocycles. The minimum absolute atomic E-state index is 0.259. The number of hydrogen-bond acceptors (Lipinski definition) is 3. The Kier molecular flexibility index (Phi) is 4.34. The summed E-state index contributed by atoms with van der Waals surface area (Å²) in [5, 5.41) is 8.06. The van der Waals surface area contributed by atoms with Crippen LogP contribution in [0.5, 0.6) is 0 Å². The number of para-hydroxylation sites is 1. The maximum absolute atomic E-state index is 12.6. The number of aromatic nitrogens is 2. The summed E-state index contributed by atoms with van der Waals surface area (Å²) in [6.45, 7) is 2.63. The van der Waals surface area contributed by atoms with Crippen LogP contribution in [0.2, 0.25) is 0 Å². The summed E-state index contributed by atoms with van der Waals surface area (Å²) in [5.41, 5.74) is 2.97. The van der Waals surface area contributed by atoms with E-state index in [9.17, 15) is 4.79 Å². The molecule has 0 spiro atoms. The van der Waals surface area contributed by atoms with E-state index in [1.165, 1.54) is 5.56 Å². The average Bonchev–Trinajstić information content (AvgIpc) is 3.23. The second kappa shape index (κ2) is 6.80. The van der Waals surface area contributed by atoms with Crippen LogP contribution in [0, 0.1) is 6.92 Å². The first kappa shape index (κ1) is 16.6. The summed E-state index contributed by atoms with van der Waals surface area (Å²) in [4.78, 5) is 12.6. The Bertz CT molecular complexity index is 1100. The quantitative estimate of drug-likeness (QED) is 0.515. The van der Waals surface area contributed by atoms with Gasteiger partial charge in [0, 0.05) is 11.5 Å². The number of carbonyl (C=O) groups excluding carboxylic acids is 1. The van der Waals surface area contributed by atoms with E-state index in [4.69, 9.17) is 4.42 Å². The molecule has 5 nitrogen and oxygen atoms in total. The van der Waals surface area contributed by atoms with E-state index >= 15 is 0 Å². The molecule has 0 saturated carbocycles. The highest BCUT2D eigenvalue weighted by molar-refractivity contribution is 9.10. The lowest BCUT2D eigenvalue weighted by Gasteiger charge is -2.08. The van der Waals surface area contributed by atoms with Crippen LogP contribution in [0.4, 0.5) is 5.82 Å². The van der Waals surface area contributed by atoms with E-state index in [0.29, 0.717) is 17.9 Å². The molecule has 1 amide bonds. The van der Waals surface area contributed by atoms with Gasteiger partial charge in [0.2, 0.25) is 0 Å². The molecule has 1 N–H and O–H groups in total. The van der Waals surface area contributed by atoms with Gasteiger partial charge in [-0.05, 0) is 40.5 Å². The molecule has 0 radical (unpaired) electrons. The number of aryl methyl sites for hydroxylation is 1. The lowest BCUT2D eigenvalue weighted by Crippen LogP contribution is -2.15. The first-order valence-electron chi connectivity index (χ1n) is 8.17. The monoisotopic (exact) mass is 409 g/mol. The Morgan fingerprint density at radius 2 is 2.04 bits per heavy atom. The van der Waals surface area contributed by atoms with Crippen molar-refractivity contribution >= 4 is 38.6 Å². The predicted molar refractivity (Wildman–Crippen MR) is 104 cm³/mol. The SMILES string of the molecule is Cc1cccc(Cn2nccc2NC(=O)c2cc3cccc(Br)c3o2)c1. The van der Waals surface area contributed by atoms with Crippen molar-refractivity contribution in [1.29, 1.82) is 0 Å². The van der Waals surface area contributed by atoms with Crippen LogP contribution in [0.1, 0.15) is 21.7 Å². The van der Waals surface area contributed by atoms with Crippen LogP contribution < -0.4 is 5.32 Å². The Morgan fingerprint density at radius 1 is 1.19 bits per heavy atom. The lowest BCUT2D eigenvalue weighted by molar-refractivity contribution is 0.0997. The summed E-state index contributed by atoms with van der Waals surface area (Å²) in [7, 11) is 0. The molecule has 2 aromatic heterocycles. The van der Waals surface area contributed by atoms with Gasteiger partial charge >= 0.3 is 0 Å². The fraction of sp³-hybridized carbons (Fsp3) is 0.100. The molecule has 0 fully saturated rings. The highest BCUT2D eigenvalue weighted by Crippen LogP contribution is 2.27. The number of furan rings is 1. The molecule has 0 unspecified atom stereocenters. The van der Waals surface area contributed by atoms with Crippen LogP contribution >= 0.6 is 15.9 Å². The molecule has 2 heterocycles. The molecule has 2 aromatic carbocycles. The minimum atomic E-state index is -0.306. The zero-order chi connectivity index (χ0) is 18.1. The van der Waals surface area contributed by atoms with E-state index in [1.807, 2.05) is 30.3 Å². The van der Waals surface area contributed by atoms with Gasteiger partial charge in [-0.2, -0.15) is 5.10 Å². The summed E-state index contributed by atoms with van der Waals surface area (Å²) in [5.74, 6) is 0.574. The van der Waals surface area contributed by atoms with Crippen molar-refractivity contribution in [3.05, 3.63) is 82.2 Å². The van der Waals surface area contributed by atoms with Crippen LogP contribution in [0.25, 0.3) is 11.0 Å².